The lowest BCUT2D eigenvalue weighted by Gasteiger charge is -2.20. The number of hydrogen-bond acceptors (Lipinski definition) is 5. The summed E-state index contributed by atoms with van der Waals surface area (Å²) in [4.78, 5) is 8.43. The minimum atomic E-state index is -3.50. The Labute approximate surface area is 181 Å². The number of aryl methyl sites for hydroxylation is 1. The number of thiophene rings is 1. The average Bonchev–Trinajstić information content (AvgIpc) is 3.23. The van der Waals surface area contributed by atoms with Crippen molar-refractivity contribution in [2.75, 3.05) is 20.6 Å². The summed E-state index contributed by atoms with van der Waals surface area (Å²) >= 11 is 7.63. The highest BCUT2D eigenvalue weighted by molar-refractivity contribution is 7.89. The summed E-state index contributed by atoms with van der Waals surface area (Å²) in [6.07, 6.45) is 1.87. The second-order valence-corrected chi connectivity index (χ2v) is 10.8. The zero-order chi connectivity index (χ0) is 21.2. The number of halogens is 1. The molecule has 0 spiro atoms. The maximum atomic E-state index is 12.5. The molecule has 2 heterocycles. The third-order valence-electron chi connectivity index (χ3n) is 4.65. The molecular weight excluding hydrogens is 428 g/mol. The molecule has 0 N–H and O–H groups in total. The number of sulfonamides is 1. The van der Waals surface area contributed by atoms with Crippen molar-refractivity contribution in [2.24, 2.45) is 0 Å². The van der Waals surface area contributed by atoms with Crippen molar-refractivity contribution >= 4 is 44.0 Å². The molecule has 0 saturated heterocycles. The standard InChI is InChI=1S/C20H25ClN4O2S2/c1-5-11-24(13-15-7-10-19(21)28-15)14-20-22-17-12-16(29(26,27)23(3)4)8-9-18(17)25(20)6-2/h5,7-10,12H,1,6,11,13-14H2,2-4H3. The van der Waals surface area contributed by atoms with Gasteiger partial charge in [-0.25, -0.2) is 17.7 Å². The van der Waals surface area contributed by atoms with E-state index in [-0.39, 0.29) is 4.90 Å². The van der Waals surface area contributed by atoms with Crippen LogP contribution in [0.5, 0.6) is 0 Å². The molecule has 9 heteroatoms. The number of aromatic nitrogens is 2. The van der Waals surface area contributed by atoms with Gasteiger partial charge in [0.25, 0.3) is 0 Å². The van der Waals surface area contributed by atoms with Crippen molar-refractivity contribution in [3.05, 3.63) is 58.0 Å². The van der Waals surface area contributed by atoms with Crippen molar-refractivity contribution in [1.82, 2.24) is 18.8 Å². The van der Waals surface area contributed by atoms with Crippen LogP contribution in [0, 0.1) is 0 Å². The van der Waals surface area contributed by atoms with Gasteiger partial charge in [0.2, 0.25) is 10.0 Å². The average molecular weight is 453 g/mol. The fraction of sp³-hybridized carbons (Fsp3) is 0.350. The lowest BCUT2D eigenvalue weighted by molar-refractivity contribution is 0.277. The Hall–Kier alpha value is -1.71. The van der Waals surface area contributed by atoms with Crippen molar-refractivity contribution in [3.63, 3.8) is 0 Å². The monoisotopic (exact) mass is 452 g/mol. The predicted octanol–water partition coefficient (Wildman–Crippen LogP) is 4.21. The first-order valence-corrected chi connectivity index (χ1v) is 11.9. The molecule has 2 aromatic heterocycles. The molecule has 0 aliphatic heterocycles. The first-order chi connectivity index (χ1) is 13.8. The van der Waals surface area contributed by atoms with Crippen LogP contribution in [0.2, 0.25) is 4.34 Å². The summed E-state index contributed by atoms with van der Waals surface area (Å²) in [6, 6.07) is 9.07. The van der Waals surface area contributed by atoms with E-state index in [0.29, 0.717) is 18.6 Å². The number of rotatable bonds is 9. The van der Waals surface area contributed by atoms with Crippen LogP contribution in [-0.2, 0) is 29.7 Å². The van der Waals surface area contributed by atoms with Gasteiger partial charge >= 0.3 is 0 Å². The molecule has 0 unspecified atom stereocenters. The lowest BCUT2D eigenvalue weighted by atomic mass is 10.3. The largest absolute Gasteiger partial charge is 0.327 e. The minimum Gasteiger partial charge on any atom is -0.327 e. The van der Waals surface area contributed by atoms with E-state index >= 15 is 0 Å². The highest BCUT2D eigenvalue weighted by Gasteiger charge is 2.20. The fourth-order valence-corrected chi connectivity index (χ4v) is 5.28. The molecule has 0 saturated carbocycles. The van der Waals surface area contributed by atoms with Crippen LogP contribution in [0.4, 0.5) is 0 Å². The highest BCUT2D eigenvalue weighted by Crippen LogP contribution is 2.25. The van der Waals surface area contributed by atoms with Crippen LogP contribution < -0.4 is 0 Å². The Morgan fingerprint density at radius 2 is 2.00 bits per heavy atom. The normalized spacial score (nSPS) is 12.3. The number of fused-ring (bicyclic) bond motifs is 1. The molecule has 0 fully saturated rings. The molecule has 3 rings (SSSR count). The SMILES string of the molecule is C=CCN(Cc1ccc(Cl)s1)Cc1nc2cc(S(=O)(=O)N(C)C)ccc2n1CC. The quantitative estimate of drug-likeness (QED) is 0.456. The first kappa shape index (κ1) is 22.0. The second-order valence-electron chi connectivity index (χ2n) is 6.87. The Morgan fingerprint density at radius 3 is 2.59 bits per heavy atom. The zero-order valence-corrected chi connectivity index (χ0v) is 19.2. The topological polar surface area (TPSA) is 58.4 Å². The van der Waals surface area contributed by atoms with Crippen LogP contribution in [0.15, 0.2) is 47.9 Å². The lowest BCUT2D eigenvalue weighted by Crippen LogP contribution is -2.24. The Bertz CT molecular complexity index is 1120. The van der Waals surface area contributed by atoms with E-state index in [1.807, 2.05) is 24.3 Å². The van der Waals surface area contributed by atoms with Crippen molar-refractivity contribution in [3.8, 4) is 0 Å². The molecule has 0 radical (unpaired) electrons. The zero-order valence-electron chi connectivity index (χ0n) is 16.8. The van der Waals surface area contributed by atoms with E-state index in [0.717, 1.165) is 28.8 Å². The van der Waals surface area contributed by atoms with Crippen LogP contribution in [-0.4, -0.2) is 47.8 Å². The van der Waals surface area contributed by atoms with Gasteiger partial charge in [-0.15, -0.1) is 17.9 Å². The van der Waals surface area contributed by atoms with Gasteiger partial charge in [0.05, 0.1) is 26.8 Å². The second kappa shape index (κ2) is 8.97. The number of imidazole rings is 1. The molecule has 6 nitrogen and oxygen atoms in total. The molecule has 0 amide bonds. The summed E-state index contributed by atoms with van der Waals surface area (Å²) in [5, 5.41) is 0. The summed E-state index contributed by atoms with van der Waals surface area (Å²) in [7, 11) is -0.445. The van der Waals surface area contributed by atoms with Gasteiger partial charge in [-0.2, -0.15) is 0 Å². The van der Waals surface area contributed by atoms with Crippen LogP contribution in [0.25, 0.3) is 11.0 Å². The summed E-state index contributed by atoms with van der Waals surface area (Å²) in [6.45, 7) is 8.76. The summed E-state index contributed by atoms with van der Waals surface area (Å²) in [5.41, 5.74) is 1.61. The molecule has 0 bridgehead atoms. The van der Waals surface area contributed by atoms with Crippen molar-refractivity contribution < 1.29 is 8.42 Å². The maximum Gasteiger partial charge on any atom is 0.242 e. The minimum absolute atomic E-state index is 0.249. The molecule has 1 aromatic carbocycles. The van der Waals surface area contributed by atoms with E-state index in [1.165, 1.54) is 23.3 Å². The first-order valence-electron chi connectivity index (χ1n) is 9.25. The molecule has 0 aliphatic carbocycles. The van der Waals surface area contributed by atoms with Gasteiger partial charge in [-0.05, 0) is 37.3 Å². The Morgan fingerprint density at radius 1 is 1.24 bits per heavy atom. The predicted molar refractivity (Wildman–Crippen MR) is 120 cm³/mol. The fourth-order valence-electron chi connectivity index (χ4n) is 3.23. The van der Waals surface area contributed by atoms with Crippen molar-refractivity contribution in [2.45, 2.75) is 31.5 Å². The number of benzene rings is 1. The van der Waals surface area contributed by atoms with Gasteiger partial charge in [-0.1, -0.05) is 17.7 Å². The molecule has 3 aromatic rings. The smallest absolute Gasteiger partial charge is 0.242 e. The number of nitrogens with zero attached hydrogens (tertiary/aromatic N) is 4. The van der Waals surface area contributed by atoms with Gasteiger partial charge < -0.3 is 4.57 Å². The van der Waals surface area contributed by atoms with Crippen LogP contribution in [0.1, 0.15) is 17.6 Å². The third-order valence-corrected chi connectivity index (χ3v) is 7.68. The van der Waals surface area contributed by atoms with Crippen molar-refractivity contribution in [1.29, 1.82) is 0 Å². The van der Waals surface area contributed by atoms with Crippen LogP contribution in [0.3, 0.4) is 0 Å². The Balaban J connectivity index is 1.95. The third kappa shape index (κ3) is 4.73. The molecule has 0 atom stereocenters. The van der Waals surface area contributed by atoms with Gasteiger partial charge in [-0.3, -0.25) is 4.90 Å². The number of hydrogen-bond donors (Lipinski definition) is 0. The van der Waals surface area contributed by atoms with E-state index < -0.39 is 10.0 Å². The molecule has 0 aliphatic rings. The summed E-state index contributed by atoms with van der Waals surface area (Å²) < 4.78 is 29.0. The van der Waals surface area contributed by atoms with Crippen LogP contribution >= 0.6 is 22.9 Å². The van der Waals surface area contributed by atoms with Gasteiger partial charge in [0, 0.05) is 38.6 Å². The molecular formula is C20H25ClN4O2S2. The molecule has 156 valence electrons. The van der Waals surface area contributed by atoms with E-state index in [2.05, 4.69) is 23.0 Å². The van der Waals surface area contributed by atoms with E-state index in [1.54, 1.807) is 23.5 Å². The summed E-state index contributed by atoms with van der Waals surface area (Å²) in [5.74, 6) is 0.895. The van der Waals surface area contributed by atoms with E-state index in [4.69, 9.17) is 16.6 Å². The van der Waals surface area contributed by atoms with Gasteiger partial charge in [0.1, 0.15) is 5.82 Å². The van der Waals surface area contributed by atoms with E-state index in [9.17, 15) is 8.42 Å². The molecule has 29 heavy (non-hydrogen) atoms. The highest BCUT2D eigenvalue weighted by atomic mass is 35.5. The maximum absolute atomic E-state index is 12.5. The Kier molecular flexibility index (Phi) is 6.80. The van der Waals surface area contributed by atoms with Gasteiger partial charge in [0.15, 0.2) is 0 Å².